The smallest absolute Gasteiger partial charge is 0.287 e. The van der Waals surface area contributed by atoms with E-state index in [0.29, 0.717) is 0 Å². The highest BCUT2D eigenvalue weighted by Gasteiger charge is 2.23. The number of carbonyl (C=O) groups is 1. The van der Waals surface area contributed by atoms with Crippen molar-refractivity contribution in [1.29, 1.82) is 0 Å². The summed E-state index contributed by atoms with van der Waals surface area (Å²) in [5.74, 6) is -0.346. The van der Waals surface area contributed by atoms with Gasteiger partial charge in [-0.2, -0.15) is 0 Å². The van der Waals surface area contributed by atoms with Crippen LogP contribution in [0.2, 0.25) is 0 Å². The molecule has 112 valence electrons. The maximum absolute atomic E-state index is 12.2. The standard InChI is InChI=1S/C13H21N3O4/c1-8(2)11(7-17)14-13(18)12-5-10(16(19)20)6-15(12)9(3)4/h5-6,8-9,11,17H,7H2,1-4H3,(H,14,18). The van der Waals surface area contributed by atoms with Gasteiger partial charge in [0.05, 0.1) is 23.8 Å². The number of aliphatic hydroxyl groups is 1. The molecule has 1 rings (SSSR count). The minimum Gasteiger partial charge on any atom is -0.394 e. The highest BCUT2D eigenvalue weighted by Crippen LogP contribution is 2.21. The van der Waals surface area contributed by atoms with Gasteiger partial charge in [0.2, 0.25) is 0 Å². The number of nitrogens with one attached hydrogen (secondary N) is 1. The Hall–Kier alpha value is -1.89. The Morgan fingerprint density at radius 1 is 1.45 bits per heavy atom. The van der Waals surface area contributed by atoms with Crippen molar-refractivity contribution in [1.82, 2.24) is 9.88 Å². The van der Waals surface area contributed by atoms with Crippen molar-refractivity contribution < 1.29 is 14.8 Å². The number of amides is 1. The van der Waals surface area contributed by atoms with Crippen LogP contribution in [0.1, 0.15) is 44.2 Å². The minimum atomic E-state index is -0.526. The molecule has 1 atom stereocenters. The fraction of sp³-hybridized carbons (Fsp3) is 0.615. The molecule has 0 fully saturated rings. The molecule has 0 bridgehead atoms. The number of aliphatic hydroxyl groups excluding tert-OH is 1. The molecule has 0 aliphatic rings. The van der Waals surface area contributed by atoms with Crippen molar-refractivity contribution >= 4 is 11.6 Å². The summed E-state index contributed by atoms with van der Waals surface area (Å²) in [5, 5.41) is 22.8. The van der Waals surface area contributed by atoms with Crippen molar-refractivity contribution in [3.05, 3.63) is 28.1 Å². The molecular weight excluding hydrogens is 262 g/mol. The second kappa shape index (κ2) is 6.51. The highest BCUT2D eigenvalue weighted by atomic mass is 16.6. The van der Waals surface area contributed by atoms with Gasteiger partial charge in [0.1, 0.15) is 5.69 Å². The molecule has 7 nitrogen and oxygen atoms in total. The second-order valence-electron chi connectivity index (χ2n) is 5.35. The van der Waals surface area contributed by atoms with Crippen molar-refractivity contribution in [2.75, 3.05) is 6.61 Å². The Labute approximate surface area is 117 Å². The number of rotatable bonds is 6. The lowest BCUT2D eigenvalue weighted by molar-refractivity contribution is -0.384. The zero-order chi connectivity index (χ0) is 15.4. The monoisotopic (exact) mass is 283 g/mol. The van der Waals surface area contributed by atoms with Gasteiger partial charge < -0.3 is 15.0 Å². The van der Waals surface area contributed by atoms with E-state index in [0.717, 1.165) is 0 Å². The predicted octanol–water partition coefficient (Wildman–Crippen LogP) is 1.72. The van der Waals surface area contributed by atoms with E-state index in [2.05, 4.69) is 5.32 Å². The molecule has 20 heavy (non-hydrogen) atoms. The van der Waals surface area contributed by atoms with Gasteiger partial charge in [0.15, 0.2) is 0 Å². The summed E-state index contributed by atoms with van der Waals surface area (Å²) < 4.78 is 1.56. The molecule has 2 N–H and O–H groups in total. The van der Waals surface area contributed by atoms with Crippen LogP contribution in [0.5, 0.6) is 0 Å². The van der Waals surface area contributed by atoms with E-state index < -0.39 is 10.8 Å². The van der Waals surface area contributed by atoms with E-state index in [1.807, 2.05) is 27.7 Å². The van der Waals surface area contributed by atoms with Gasteiger partial charge >= 0.3 is 0 Å². The zero-order valence-corrected chi connectivity index (χ0v) is 12.2. The Morgan fingerprint density at radius 2 is 2.05 bits per heavy atom. The van der Waals surface area contributed by atoms with E-state index >= 15 is 0 Å². The van der Waals surface area contributed by atoms with Gasteiger partial charge in [-0.1, -0.05) is 13.8 Å². The Morgan fingerprint density at radius 3 is 2.45 bits per heavy atom. The molecule has 0 saturated heterocycles. The van der Waals surface area contributed by atoms with Gasteiger partial charge in [0.25, 0.3) is 11.6 Å². The molecule has 7 heteroatoms. The molecule has 0 radical (unpaired) electrons. The van der Waals surface area contributed by atoms with Gasteiger partial charge in [-0.25, -0.2) is 0 Å². The molecule has 0 saturated carbocycles. The largest absolute Gasteiger partial charge is 0.394 e. The molecular formula is C13H21N3O4. The Balaban J connectivity index is 3.05. The first kappa shape index (κ1) is 16.2. The quantitative estimate of drug-likeness (QED) is 0.613. The molecule has 0 aromatic carbocycles. The van der Waals surface area contributed by atoms with Gasteiger partial charge in [-0.15, -0.1) is 0 Å². The molecule has 1 aromatic heterocycles. The molecule has 0 aliphatic carbocycles. The van der Waals surface area contributed by atoms with Crippen LogP contribution in [0, 0.1) is 16.0 Å². The lowest BCUT2D eigenvalue weighted by Gasteiger charge is -2.20. The SMILES string of the molecule is CC(C)C(CO)NC(=O)c1cc([N+](=O)[O-])cn1C(C)C. The molecule has 1 amide bonds. The van der Waals surface area contributed by atoms with E-state index in [4.69, 9.17) is 0 Å². The average Bonchev–Trinajstić information content (AvgIpc) is 2.80. The maximum atomic E-state index is 12.2. The number of nitrogens with zero attached hydrogens (tertiary/aromatic N) is 2. The summed E-state index contributed by atoms with van der Waals surface area (Å²) in [6.45, 7) is 7.27. The van der Waals surface area contributed by atoms with E-state index in [1.54, 1.807) is 4.57 Å². The Bertz CT molecular complexity index is 494. The summed E-state index contributed by atoms with van der Waals surface area (Å²) in [7, 11) is 0. The maximum Gasteiger partial charge on any atom is 0.287 e. The molecule has 1 unspecified atom stereocenters. The first-order valence-electron chi connectivity index (χ1n) is 6.55. The normalized spacial score (nSPS) is 12.8. The van der Waals surface area contributed by atoms with Crippen LogP contribution in [-0.4, -0.2) is 33.2 Å². The molecule has 0 aliphatic heterocycles. The summed E-state index contributed by atoms with van der Waals surface area (Å²) in [5.41, 5.74) is 0.111. The van der Waals surface area contributed by atoms with E-state index in [1.165, 1.54) is 12.3 Å². The van der Waals surface area contributed by atoms with Crippen molar-refractivity contribution in [3.63, 3.8) is 0 Å². The van der Waals surface area contributed by atoms with Crippen LogP contribution in [0.25, 0.3) is 0 Å². The minimum absolute atomic E-state index is 0.0707. The summed E-state index contributed by atoms with van der Waals surface area (Å²) >= 11 is 0. The molecule has 1 aromatic rings. The number of aromatic nitrogens is 1. The van der Waals surface area contributed by atoms with Crippen molar-refractivity contribution in [2.45, 2.75) is 39.8 Å². The lowest BCUT2D eigenvalue weighted by atomic mass is 10.1. The Kier molecular flexibility index (Phi) is 5.26. The number of hydrogen-bond donors (Lipinski definition) is 2. The summed E-state index contributed by atoms with van der Waals surface area (Å²) in [4.78, 5) is 22.5. The number of hydrogen-bond acceptors (Lipinski definition) is 4. The average molecular weight is 283 g/mol. The summed E-state index contributed by atoms with van der Waals surface area (Å²) in [6.07, 6.45) is 1.35. The van der Waals surface area contributed by atoms with Crippen LogP contribution in [0.4, 0.5) is 5.69 Å². The highest BCUT2D eigenvalue weighted by molar-refractivity contribution is 5.93. The predicted molar refractivity (Wildman–Crippen MR) is 74.6 cm³/mol. The van der Waals surface area contributed by atoms with Gasteiger partial charge in [-0.3, -0.25) is 14.9 Å². The molecule has 1 heterocycles. The second-order valence-corrected chi connectivity index (χ2v) is 5.35. The first-order chi connectivity index (χ1) is 9.27. The van der Waals surface area contributed by atoms with Crippen LogP contribution in [0.3, 0.4) is 0 Å². The van der Waals surface area contributed by atoms with E-state index in [9.17, 15) is 20.0 Å². The van der Waals surface area contributed by atoms with Crippen molar-refractivity contribution in [3.8, 4) is 0 Å². The summed E-state index contributed by atoms with van der Waals surface area (Å²) in [6, 6.07) is 0.803. The fourth-order valence-electron chi connectivity index (χ4n) is 1.84. The van der Waals surface area contributed by atoms with Crippen LogP contribution >= 0.6 is 0 Å². The number of carbonyl (C=O) groups excluding carboxylic acids is 1. The van der Waals surface area contributed by atoms with Gasteiger partial charge in [-0.05, 0) is 19.8 Å². The third-order valence-corrected chi connectivity index (χ3v) is 3.15. The zero-order valence-electron chi connectivity index (χ0n) is 12.2. The number of nitro groups is 1. The third kappa shape index (κ3) is 3.57. The van der Waals surface area contributed by atoms with Crippen LogP contribution in [0.15, 0.2) is 12.3 Å². The third-order valence-electron chi connectivity index (χ3n) is 3.15. The van der Waals surface area contributed by atoms with Gasteiger partial charge in [0, 0.05) is 12.1 Å². The van der Waals surface area contributed by atoms with E-state index in [-0.39, 0.29) is 36.0 Å². The topological polar surface area (TPSA) is 97.4 Å². The lowest BCUT2D eigenvalue weighted by Crippen LogP contribution is -2.41. The van der Waals surface area contributed by atoms with Crippen LogP contribution < -0.4 is 5.32 Å². The fourth-order valence-corrected chi connectivity index (χ4v) is 1.84. The van der Waals surface area contributed by atoms with Crippen LogP contribution in [-0.2, 0) is 0 Å². The van der Waals surface area contributed by atoms with Crippen molar-refractivity contribution in [2.24, 2.45) is 5.92 Å². The first-order valence-corrected chi connectivity index (χ1v) is 6.55. The molecule has 0 spiro atoms.